The summed E-state index contributed by atoms with van der Waals surface area (Å²) in [6.45, 7) is 9.02. The summed E-state index contributed by atoms with van der Waals surface area (Å²) in [5.74, 6) is 1.04. The molecule has 0 radical (unpaired) electrons. The quantitative estimate of drug-likeness (QED) is 0.789. The molecule has 0 saturated heterocycles. The Bertz CT molecular complexity index is 315. The number of hydrogen-bond acceptors (Lipinski definition) is 1. The Morgan fingerprint density at radius 3 is 2.25 bits per heavy atom. The molecule has 1 N–H and O–H groups in total. The maximum absolute atomic E-state index is 9.66. The van der Waals surface area contributed by atoms with Crippen molar-refractivity contribution in [3.8, 4) is 5.75 Å². The molecule has 16 heavy (non-hydrogen) atoms. The number of phenolic OH excluding ortho intramolecular Hbond substituents is 1. The van der Waals surface area contributed by atoms with Gasteiger partial charge in [-0.2, -0.15) is 0 Å². The number of rotatable bonds is 3. The molecule has 0 aliphatic rings. The van der Waals surface area contributed by atoms with Gasteiger partial charge in [-0.05, 0) is 35.8 Å². The summed E-state index contributed by atoms with van der Waals surface area (Å²) in [4.78, 5) is 0. The van der Waals surface area contributed by atoms with E-state index in [1.54, 1.807) is 6.07 Å². The molecule has 0 spiro atoms. The van der Waals surface area contributed by atoms with Crippen molar-refractivity contribution in [2.45, 2.75) is 40.5 Å². The van der Waals surface area contributed by atoms with Gasteiger partial charge in [0, 0.05) is 0 Å². The van der Waals surface area contributed by atoms with Crippen molar-refractivity contribution in [2.75, 3.05) is 0 Å². The first-order chi connectivity index (χ1) is 6.88. The van der Waals surface area contributed by atoms with Crippen LogP contribution in [0.3, 0.4) is 0 Å². The summed E-state index contributed by atoms with van der Waals surface area (Å²) < 4.78 is 0. The summed E-state index contributed by atoms with van der Waals surface area (Å²) in [5, 5.41) is 9.66. The van der Waals surface area contributed by atoms with Crippen LogP contribution < -0.4 is 0 Å². The summed E-state index contributed by atoms with van der Waals surface area (Å²) in [6, 6.07) is 7.62. The molecule has 0 amide bonds. The van der Waals surface area contributed by atoms with Crippen LogP contribution in [-0.2, 0) is 6.42 Å². The normalized spacial score (nSPS) is 13.0. The van der Waals surface area contributed by atoms with Gasteiger partial charge in [-0.3, -0.25) is 0 Å². The Hall–Kier alpha value is 0.0200. The fourth-order valence-electron chi connectivity index (χ4n) is 2.18. The Kier molecular flexibility index (Phi) is 6.69. The molecule has 86 valence electrons. The van der Waals surface area contributed by atoms with Crippen LogP contribution in [0.25, 0.3) is 0 Å². The minimum absolute atomic E-state index is 0. The summed E-state index contributed by atoms with van der Waals surface area (Å²) in [5.41, 5.74) is 1.43. The van der Waals surface area contributed by atoms with Crippen LogP contribution >= 0.6 is 0 Å². The summed E-state index contributed by atoms with van der Waals surface area (Å²) in [6.07, 6.45) is 2.14. The van der Waals surface area contributed by atoms with Crippen molar-refractivity contribution >= 4 is 29.6 Å². The van der Waals surface area contributed by atoms with E-state index in [9.17, 15) is 5.11 Å². The number of phenols is 1. The van der Waals surface area contributed by atoms with Gasteiger partial charge in [0.1, 0.15) is 5.75 Å². The molecule has 0 bridgehead atoms. The van der Waals surface area contributed by atoms with E-state index in [-0.39, 0.29) is 29.6 Å². The van der Waals surface area contributed by atoms with Gasteiger partial charge in [-0.1, -0.05) is 45.9 Å². The zero-order chi connectivity index (χ0) is 11.5. The molecule has 0 heterocycles. The third-order valence-electron chi connectivity index (χ3n) is 2.52. The molecule has 1 rings (SSSR count). The average Bonchev–Trinajstić information content (AvgIpc) is 2.05. The van der Waals surface area contributed by atoms with Gasteiger partial charge < -0.3 is 5.11 Å². The Balaban J connectivity index is 0.00000225. The predicted molar refractivity (Wildman–Crippen MR) is 72.2 cm³/mol. The second-order valence-corrected chi connectivity index (χ2v) is 5.70. The predicted octanol–water partition coefficient (Wildman–Crippen LogP) is 3.36. The number of aromatic hydroxyl groups is 1. The SMILES string of the molecule is CC(Cc1ccccc1O)CC(C)(C)C.[NaH]. The topological polar surface area (TPSA) is 20.2 Å². The van der Waals surface area contributed by atoms with Crippen LogP contribution in [0.4, 0.5) is 0 Å². The standard InChI is InChI=1S/C14H22O.Na.H/c1-11(10-14(2,3)4)9-12-7-5-6-8-13(12)15;;/h5-8,11,15H,9-10H2,1-4H3;;. The van der Waals surface area contributed by atoms with Crippen LogP contribution in [0.2, 0.25) is 0 Å². The number of hydrogen-bond donors (Lipinski definition) is 1. The van der Waals surface area contributed by atoms with E-state index in [0.717, 1.165) is 12.0 Å². The van der Waals surface area contributed by atoms with Crippen LogP contribution in [0.5, 0.6) is 5.75 Å². The maximum atomic E-state index is 9.66. The molecule has 2 heteroatoms. The summed E-state index contributed by atoms with van der Waals surface area (Å²) >= 11 is 0. The molecule has 1 atom stereocenters. The first-order valence-electron chi connectivity index (χ1n) is 5.65. The van der Waals surface area contributed by atoms with E-state index < -0.39 is 0 Å². The fourth-order valence-corrected chi connectivity index (χ4v) is 2.18. The molecule has 0 aliphatic carbocycles. The van der Waals surface area contributed by atoms with Gasteiger partial charge in [0.2, 0.25) is 0 Å². The van der Waals surface area contributed by atoms with Gasteiger partial charge in [-0.25, -0.2) is 0 Å². The number of benzene rings is 1. The van der Waals surface area contributed by atoms with Gasteiger partial charge in [0.05, 0.1) is 0 Å². The van der Waals surface area contributed by atoms with Crippen molar-refractivity contribution < 1.29 is 5.11 Å². The van der Waals surface area contributed by atoms with Crippen molar-refractivity contribution in [3.63, 3.8) is 0 Å². The van der Waals surface area contributed by atoms with Crippen molar-refractivity contribution in [1.29, 1.82) is 0 Å². The Labute approximate surface area is 122 Å². The van der Waals surface area contributed by atoms with Crippen LogP contribution in [0, 0.1) is 11.3 Å². The molecular weight excluding hydrogens is 207 g/mol. The molecule has 1 nitrogen and oxygen atoms in total. The minimum atomic E-state index is 0. The third-order valence-corrected chi connectivity index (χ3v) is 2.52. The second kappa shape index (κ2) is 6.68. The fraction of sp³-hybridized carbons (Fsp3) is 0.571. The average molecular weight is 230 g/mol. The van der Waals surface area contributed by atoms with Gasteiger partial charge >= 0.3 is 29.6 Å². The van der Waals surface area contributed by atoms with Crippen molar-refractivity contribution in [1.82, 2.24) is 0 Å². The molecule has 0 aromatic heterocycles. The van der Waals surface area contributed by atoms with E-state index in [2.05, 4.69) is 27.7 Å². The van der Waals surface area contributed by atoms with E-state index in [0.29, 0.717) is 17.1 Å². The third kappa shape index (κ3) is 5.93. The molecule has 1 unspecified atom stereocenters. The van der Waals surface area contributed by atoms with E-state index in [4.69, 9.17) is 0 Å². The molecule has 1 aromatic rings. The molecule has 0 fully saturated rings. The van der Waals surface area contributed by atoms with Crippen LogP contribution in [0.15, 0.2) is 24.3 Å². The molecule has 0 aliphatic heterocycles. The summed E-state index contributed by atoms with van der Waals surface area (Å²) in [7, 11) is 0. The van der Waals surface area contributed by atoms with Gasteiger partial charge in [0.15, 0.2) is 0 Å². The molecule has 1 aromatic carbocycles. The first-order valence-corrected chi connectivity index (χ1v) is 5.65. The van der Waals surface area contributed by atoms with Crippen molar-refractivity contribution in [2.24, 2.45) is 11.3 Å². The van der Waals surface area contributed by atoms with Crippen LogP contribution in [0.1, 0.15) is 39.7 Å². The monoisotopic (exact) mass is 230 g/mol. The molecular formula is C14H23NaO. The van der Waals surface area contributed by atoms with Gasteiger partial charge in [-0.15, -0.1) is 0 Å². The van der Waals surface area contributed by atoms with E-state index in [1.165, 1.54) is 6.42 Å². The Morgan fingerprint density at radius 1 is 1.19 bits per heavy atom. The second-order valence-electron chi connectivity index (χ2n) is 5.70. The number of para-hydroxylation sites is 1. The van der Waals surface area contributed by atoms with Gasteiger partial charge in [0.25, 0.3) is 0 Å². The van der Waals surface area contributed by atoms with E-state index >= 15 is 0 Å². The van der Waals surface area contributed by atoms with Crippen LogP contribution in [-0.4, -0.2) is 34.7 Å². The zero-order valence-electron chi connectivity index (χ0n) is 10.2. The molecule has 0 saturated carbocycles. The zero-order valence-corrected chi connectivity index (χ0v) is 10.2. The van der Waals surface area contributed by atoms with Crippen molar-refractivity contribution in [3.05, 3.63) is 29.8 Å². The first kappa shape index (κ1) is 16.0. The Morgan fingerprint density at radius 2 is 1.75 bits per heavy atom. The van der Waals surface area contributed by atoms with E-state index in [1.807, 2.05) is 18.2 Å².